The topological polar surface area (TPSA) is 46.2 Å². The molecular formula is C14H12FNO2S. The molecule has 0 bridgehead atoms. The lowest BCUT2D eigenvalue weighted by Crippen LogP contribution is -2.25. The summed E-state index contributed by atoms with van der Waals surface area (Å²) < 4.78 is 27.8. The van der Waals surface area contributed by atoms with Crippen LogP contribution in [0.3, 0.4) is 0 Å². The summed E-state index contributed by atoms with van der Waals surface area (Å²) in [5.41, 5.74) is 0.0000571. The zero-order chi connectivity index (χ0) is 13.7. The van der Waals surface area contributed by atoms with Gasteiger partial charge < -0.3 is 0 Å². The molecule has 2 aromatic rings. The molecule has 0 aromatic heterocycles. The van der Waals surface area contributed by atoms with Gasteiger partial charge in [0.05, 0.1) is 17.0 Å². The minimum Gasteiger partial charge on any atom is -0.293 e. The van der Waals surface area contributed by atoms with Gasteiger partial charge in [0.2, 0.25) is 0 Å². The molecule has 0 saturated heterocycles. The zero-order valence-electron chi connectivity index (χ0n) is 10.0. The Labute approximate surface area is 113 Å². The Morgan fingerprint density at radius 3 is 2.37 bits per heavy atom. The van der Waals surface area contributed by atoms with Gasteiger partial charge in [0.1, 0.15) is 16.8 Å². The van der Waals surface area contributed by atoms with Gasteiger partial charge in [0.15, 0.2) is 5.78 Å². The summed E-state index contributed by atoms with van der Waals surface area (Å²) in [6, 6.07) is 14.4. The highest BCUT2D eigenvalue weighted by Crippen LogP contribution is 2.07. The maximum absolute atomic E-state index is 13.4. The molecule has 98 valence electrons. The van der Waals surface area contributed by atoms with Gasteiger partial charge in [-0.25, -0.2) is 13.3 Å². The Hall–Kier alpha value is -1.85. The van der Waals surface area contributed by atoms with E-state index in [-0.39, 0.29) is 12.1 Å². The molecule has 0 heterocycles. The maximum atomic E-state index is 13.4. The molecule has 1 N–H and O–H groups in total. The molecule has 19 heavy (non-hydrogen) atoms. The van der Waals surface area contributed by atoms with Gasteiger partial charge in [0, 0.05) is 0 Å². The third-order valence-corrected chi connectivity index (χ3v) is 3.60. The predicted octanol–water partition coefficient (Wildman–Crippen LogP) is 2.32. The van der Waals surface area contributed by atoms with Gasteiger partial charge >= 0.3 is 0 Å². The van der Waals surface area contributed by atoms with Crippen molar-refractivity contribution in [3.8, 4) is 0 Å². The third-order valence-electron chi connectivity index (χ3n) is 2.50. The van der Waals surface area contributed by atoms with E-state index in [1.54, 1.807) is 30.3 Å². The fraction of sp³-hybridized carbons (Fsp3) is 0.0714. The number of carbonyl (C=O) groups is 1. The van der Waals surface area contributed by atoms with Gasteiger partial charge in [-0.3, -0.25) is 4.79 Å². The molecule has 0 aliphatic carbocycles. The van der Waals surface area contributed by atoms with Gasteiger partial charge in [-0.05, 0) is 24.3 Å². The number of ketones is 1. The molecule has 0 saturated carbocycles. The Morgan fingerprint density at radius 2 is 1.68 bits per heavy atom. The van der Waals surface area contributed by atoms with Crippen LogP contribution >= 0.6 is 0 Å². The highest BCUT2D eigenvalue weighted by Gasteiger charge is 2.12. The SMILES string of the molecule is O=C(CNS(=O)c1ccccc1)c1ccccc1F. The quantitative estimate of drug-likeness (QED) is 0.853. The van der Waals surface area contributed by atoms with Gasteiger partial charge in [-0.1, -0.05) is 30.3 Å². The van der Waals surface area contributed by atoms with Crippen molar-refractivity contribution in [1.82, 2.24) is 4.72 Å². The summed E-state index contributed by atoms with van der Waals surface area (Å²) in [7, 11) is -1.48. The van der Waals surface area contributed by atoms with E-state index in [1.807, 2.05) is 6.07 Å². The number of rotatable bonds is 5. The van der Waals surface area contributed by atoms with Crippen LogP contribution in [0.4, 0.5) is 4.39 Å². The standard InChI is InChI=1S/C14H12FNO2S/c15-13-9-5-4-8-12(13)14(17)10-16-19(18)11-6-2-1-3-7-11/h1-9,16H,10H2. The Kier molecular flexibility index (Phi) is 4.54. The molecule has 0 amide bonds. The summed E-state index contributed by atoms with van der Waals surface area (Å²) in [5.74, 6) is -0.998. The Bertz CT molecular complexity index is 601. The lowest BCUT2D eigenvalue weighted by Gasteiger charge is -2.05. The zero-order valence-corrected chi connectivity index (χ0v) is 10.8. The fourth-order valence-electron chi connectivity index (χ4n) is 1.54. The first kappa shape index (κ1) is 13.6. The number of nitrogens with one attached hydrogen (secondary N) is 1. The summed E-state index contributed by atoms with van der Waals surface area (Å²) in [6.07, 6.45) is 0. The Balaban J connectivity index is 1.98. The lowest BCUT2D eigenvalue weighted by molar-refractivity contribution is 0.0993. The summed E-state index contributed by atoms with van der Waals surface area (Å²) in [6.45, 7) is -0.178. The summed E-state index contributed by atoms with van der Waals surface area (Å²) >= 11 is 0. The molecule has 1 unspecified atom stereocenters. The van der Waals surface area contributed by atoms with Crippen molar-refractivity contribution in [3.63, 3.8) is 0 Å². The molecule has 0 aliphatic rings. The number of Topliss-reactive ketones (excluding diaryl/α,β-unsaturated/α-hetero) is 1. The van der Waals surface area contributed by atoms with Crippen LogP contribution < -0.4 is 4.72 Å². The minimum absolute atomic E-state index is 0.0000571. The molecule has 1 atom stereocenters. The largest absolute Gasteiger partial charge is 0.293 e. The average Bonchev–Trinajstić information content (AvgIpc) is 2.46. The number of carbonyl (C=O) groups excluding carboxylic acids is 1. The van der Waals surface area contributed by atoms with Crippen molar-refractivity contribution in [2.75, 3.05) is 6.54 Å². The number of hydrogen-bond donors (Lipinski definition) is 1. The van der Waals surface area contributed by atoms with E-state index < -0.39 is 22.6 Å². The summed E-state index contributed by atoms with van der Waals surface area (Å²) in [4.78, 5) is 12.3. The van der Waals surface area contributed by atoms with E-state index in [1.165, 1.54) is 18.2 Å². The van der Waals surface area contributed by atoms with Crippen LogP contribution in [0, 0.1) is 5.82 Å². The third kappa shape index (κ3) is 3.56. The van der Waals surface area contributed by atoms with E-state index >= 15 is 0 Å². The molecule has 5 heteroatoms. The smallest absolute Gasteiger partial charge is 0.180 e. The van der Waals surface area contributed by atoms with Gasteiger partial charge in [-0.2, -0.15) is 0 Å². The van der Waals surface area contributed by atoms with E-state index in [4.69, 9.17) is 0 Å². The predicted molar refractivity (Wildman–Crippen MR) is 71.6 cm³/mol. The Morgan fingerprint density at radius 1 is 1.05 bits per heavy atom. The first-order valence-corrected chi connectivity index (χ1v) is 6.81. The van der Waals surface area contributed by atoms with Gasteiger partial charge in [-0.15, -0.1) is 0 Å². The van der Waals surface area contributed by atoms with Crippen LogP contribution in [0.5, 0.6) is 0 Å². The second kappa shape index (κ2) is 6.36. The van der Waals surface area contributed by atoms with Crippen LogP contribution in [0.15, 0.2) is 59.5 Å². The van der Waals surface area contributed by atoms with Crippen LogP contribution in [0.1, 0.15) is 10.4 Å². The van der Waals surface area contributed by atoms with Crippen molar-refractivity contribution in [1.29, 1.82) is 0 Å². The number of hydrogen-bond acceptors (Lipinski definition) is 2. The van der Waals surface area contributed by atoms with E-state index in [0.717, 1.165) is 0 Å². The van der Waals surface area contributed by atoms with Crippen molar-refractivity contribution < 1.29 is 13.4 Å². The fourth-order valence-corrected chi connectivity index (χ4v) is 2.37. The van der Waals surface area contributed by atoms with Crippen molar-refractivity contribution in [2.45, 2.75) is 4.90 Å². The highest BCUT2D eigenvalue weighted by atomic mass is 32.2. The first-order valence-electron chi connectivity index (χ1n) is 5.66. The number of halogens is 1. The molecular weight excluding hydrogens is 265 g/mol. The lowest BCUT2D eigenvalue weighted by atomic mass is 10.1. The highest BCUT2D eigenvalue weighted by molar-refractivity contribution is 7.83. The van der Waals surface area contributed by atoms with Crippen molar-refractivity contribution >= 4 is 16.8 Å². The molecule has 2 rings (SSSR count). The summed E-state index contributed by atoms with van der Waals surface area (Å²) in [5, 5.41) is 0. The normalized spacial score (nSPS) is 12.1. The molecule has 2 aromatic carbocycles. The van der Waals surface area contributed by atoms with Crippen molar-refractivity contribution in [3.05, 3.63) is 66.0 Å². The maximum Gasteiger partial charge on any atom is 0.180 e. The average molecular weight is 277 g/mol. The monoisotopic (exact) mass is 277 g/mol. The molecule has 0 radical (unpaired) electrons. The molecule has 3 nitrogen and oxygen atoms in total. The van der Waals surface area contributed by atoms with Crippen LogP contribution in [-0.2, 0) is 11.0 Å². The van der Waals surface area contributed by atoms with E-state index in [2.05, 4.69) is 4.72 Å². The van der Waals surface area contributed by atoms with E-state index in [0.29, 0.717) is 4.90 Å². The van der Waals surface area contributed by atoms with Crippen LogP contribution in [-0.4, -0.2) is 16.5 Å². The second-order valence-electron chi connectivity index (χ2n) is 3.81. The first-order chi connectivity index (χ1) is 9.18. The van der Waals surface area contributed by atoms with Crippen LogP contribution in [0.25, 0.3) is 0 Å². The molecule has 0 aliphatic heterocycles. The van der Waals surface area contributed by atoms with Crippen LogP contribution in [0.2, 0.25) is 0 Å². The number of benzene rings is 2. The van der Waals surface area contributed by atoms with E-state index in [9.17, 15) is 13.4 Å². The molecule has 0 fully saturated rings. The minimum atomic E-state index is -1.48. The molecule has 0 spiro atoms. The van der Waals surface area contributed by atoms with Gasteiger partial charge in [0.25, 0.3) is 0 Å². The van der Waals surface area contributed by atoms with Crippen molar-refractivity contribution in [2.24, 2.45) is 0 Å². The second-order valence-corrected chi connectivity index (χ2v) is 5.10.